The van der Waals surface area contributed by atoms with E-state index >= 15 is 0 Å². The van der Waals surface area contributed by atoms with Gasteiger partial charge in [-0.05, 0) is 30.5 Å². The number of carboxylic acids is 1. The molecule has 1 N–H and O–H groups in total. The first kappa shape index (κ1) is 18.6. The maximum Gasteiger partial charge on any atom is 0.356 e. The van der Waals surface area contributed by atoms with E-state index in [2.05, 4.69) is 29.1 Å². The van der Waals surface area contributed by atoms with Crippen LogP contribution in [0.4, 0.5) is 0 Å². The first-order valence-electron chi connectivity index (χ1n) is 9.28. The van der Waals surface area contributed by atoms with E-state index in [0.29, 0.717) is 11.5 Å². The highest BCUT2D eigenvalue weighted by molar-refractivity contribution is 5.87. The molecule has 0 amide bonds. The van der Waals surface area contributed by atoms with Gasteiger partial charge in [-0.2, -0.15) is 10.1 Å². The third-order valence-corrected chi connectivity index (χ3v) is 4.64. The molecule has 0 saturated carbocycles. The predicted molar refractivity (Wildman–Crippen MR) is 108 cm³/mol. The van der Waals surface area contributed by atoms with Gasteiger partial charge in [0.1, 0.15) is 5.69 Å². The fourth-order valence-corrected chi connectivity index (χ4v) is 3.22. The molecule has 0 saturated heterocycles. The minimum absolute atomic E-state index is 0.0890. The van der Waals surface area contributed by atoms with Crippen LogP contribution in [0, 0.1) is 6.92 Å². The van der Waals surface area contributed by atoms with Gasteiger partial charge in [0.2, 0.25) is 5.82 Å². The van der Waals surface area contributed by atoms with E-state index in [-0.39, 0.29) is 17.5 Å². The molecular formula is C22H20N4O3. The van der Waals surface area contributed by atoms with Gasteiger partial charge in [0.15, 0.2) is 5.69 Å². The summed E-state index contributed by atoms with van der Waals surface area (Å²) in [4.78, 5) is 16.1. The van der Waals surface area contributed by atoms with Gasteiger partial charge in [0.25, 0.3) is 5.89 Å². The van der Waals surface area contributed by atoms with Crippen LogP contribution in [0.5, 0.6) is 0 Å². The Morgan fingerprint density at radius 1 is 1.10 bits per heavy atom. The number of hydrogen-bond acceptors (Lipinski definition) is 5. The molecule has 0 atom stereocenters. The molecule has 0 aliphatic carbocycles. The normalized spacial score (nSPS) is 11.2. The summed E-state index contributed by atoms with van der Waals surface area (Å²) in [5, 5.41) is 17.8. The third-order valence-electron chi connectivity index (χ3n) is 4.64. The lowest BCUT2D eigenvalue weighted by molar-refractivity contribution is 0.0690. The molecule has 4 rings (SSSR count). The van der Waals surface area contributed by atoms with Crippen molar-refractivity contribution in [2.45, 2.75) is 26.7 Å². The van der Waals surface area contributed by atoms with Crippen molar-refractivity contribution in [3.8, 4) is 28.7 Å². The van der Waals surface area contributed by atoms with Crippen molar-refractivity contribution < 1.29 is 14.4 Å². The quantitative estimate of drug-likeness (QED) is 0.532. The molecule has 0 unspecified atom stereocenters. The summed E-state index contributed by atoms with van der Waals surface area (Å²) in [6, 6.07) is 17.0. The second-order valence-corrected chi connectivity index (χ2v) is 7.14. The zero-order valence-corrected chi connectivity index (χ0v) is 16.3. The van der Waals surface area contributed by atoms with Gasteiger partial charge in [-0.15, -0.1) is 0 Å². The zero-order valence-electron chi connectivity index (χ0n) is 16.3. The van der Waals surface area contributed by atoms with Crippen LogP contribution >= 0.6 is 0 Å². The Bertz CT molecular complexity index is 1190. The number of para-hydroxylation sites is 1. The maximum absolute atomic E-state index is 11.6. The molecule has 0 fully saturated rings. The Morgan fingerprint density at radius 2 is 1.90 bits per heavy atom. The molecule has 2 aromatic carbocycles. The van der Waals surface area contributed by atoms with Crippen LogP contribution in [0.25, 0.3) is 28.7 Å². The Balaban J connectivity index is 1.86. The SMILES string of the molecule is Cc1cccc(-c2noc(-c3cc(C(=O)O)nn3-c3ccccc3C(C)C)n2)c1. The lowest BCUT2D eigenvalue weighted by Crippen LogP contribution is -2.06. The van der Waals surface area contributed by atoms with Crippen molar-refractivity contribution in [3.05, 3.63) is 71.4 Å². The molecule has 7 nitrogen and oxygen atoms in total. The number of carbonyl (C=O) groups is 1. The number of benzene rings is 2. The molecule has 0 radical (unpaired) electrons. The molecule has 0 aliphatic heterocycles. The maximum atomic E-state index is 11.6. The second-order valence-electron chi connectivity index (χ2n) is 7.14. The van der Waals surface area contributed by atoms with Crippen molar-refractivity contribution in [2.75, 3.05) is 0 Å². The Morgan fingerprint density at radius 3 is 2.62 bits per heavy atom. The molecule has 2 heterocycles. The monoisotopic (exact) mass is 388 g/mol. The van der Waals surface area contributed by atoms with Crippen LogP contribution in [-0.2, 0) is 0 Å². The van der Waals surface area contributed by atoms with Crippen molar-refractivity contribution in [1.29, 1.82) is 0 Å². The number of aromatic carboxylic acids is 1. The highest BCUT2D eigenvalue weighted by atomic mass is 16.5. The Kier molecular flexibility index (Phi) is 4.72. The van der Waals surface area contributed by atoms with E-state index in [0.717, 1.165) is 22.4 Å². The summed E-state index contributed by atoms with van der Waals surface area (Å²) in [6.45, 7) is 6.13. The smallest absolute Gasteiger partial charge is 0.356 e. The van der Waals surface area contributed by atoms with Gasteiger partial charge in [-0.25, -0.2) is 9.48 Å². The lowest BCUT2D eigenvalue weighted by atomic mass is 10.0. The first-order chi connectivity index (χ1) is 13.9. The van der Waals surface area contributed by atoms with E-state index in [1.807, 2.05) is 55.5 Å². The minimum atomic E-state index is -1.12. The zero-order chi connectivity index (χ0) is 20.5. The highest BCUT2D eigenvalue weighted by Gasteiger charge is 2.22. The van der Waals surface area contributed by atoms with Gasteiger partial charge < -0.3 is 9.63 Å². The fourth-order valence-electron chi connectivity index (χ4n) is 3.22. The van der Waals surface area contributed by atoms with Crippen LogP contribution < -0.4 is 0 Å². The summed E-state index contributed by atoms with van der Waals surface area (Å²) in [5.41, 5.74) is 4.06. The van der Waals surface area contributed by atoms with Gasteiger partial charge in [0.05, 0.1) is 5.69 Å². The summed E-state index contributed by atoms with van der Waals surface area (Å²) in [6.07, 6.45) is 0. The number of aromatic nitrogens is 4. The molecule has 4 aromatic rings. The van der Waals surface area contributed by atoms with E-state index < -0.39 is 5.97 Å². The van der Waals surface area contributed by atoms with Crippen molar-refractivity contribution in [1.82, 2.24) is 19.9 Å². The van der Waals surface area contributed by atoms with Gasteiger partial charge in [-0.3, -0.25) is 0 Å². The molecule has 2 aromatic heterocycles. The van der Waals surface area contributed by atoms with Crippen LogP contribution in [0.3, 0.4) is 0 Å². The number of nitrogens with zero attached hydrogens (tertiary/aromatic N) is 4. The summed E-state index contributed by atoms with van der Waals surface area (Å²) >= 11 is 0. The topological polar surface area (TPSA) is 94.0 Å². The average Bonchev–Trinajstić information content (AvgIpc) is 3.35. The number of carboxylic acid groups (broad SMARTS) is 1. The molecule has 7 heteroatoms. The fraction of sp³-hybridized carbons (Fsp3) is 0.182. The first-order valence-corrected chi connectivity index (χ1v) is 9.28. The average molecular weight is 388 g/mol. The molecule has 0 aliphatic rings. The predicted octanol–water partition coefficient (Wildman–Crippen LogP) is 4.72. The van der Waals surface area contributed by atoms with Crippen molar-refractivity contribution in [3.63, 3.8) is 0 Å². The van der Waals surface area contributed by atoms with Crippen molar-refractivity contribution >= 4 is 5.97 Å². The number of rotatable bonds is 5. The van der Waals surface area contributed by atoms with E-state index in [1.165, 1.54) is 6.07 Å². The summed E-state index contributed by atoms with van der Waals surface area (Å²) in [7, 11) is 0. The Hall–Kier alpha value is -3.74. The second kappa shape index (κ2) is 7.35. The standard InChI is InChI=1S/C22H20N4O3/c1-13(2)16-9-4-5-10-18(16)26-19(12-17(24-26)22(27)28)21-23-20(25-29-21)15-8-6-7-14(3)11-15/h4-13H,1-3H3,(H,27,28). The summed E-state index contributed by atoms with van der Waals surface area (Å²) < 4.78 is 7.05. The van der Waals surface area contributed by atoms with Crippen LogP contribution in [0.2, 0.25) is 0 Å². The minimum Gasteiger partial charge on any atom is -0.476 e. The molecule has 0 spiro atoms. The van der Waals surface area contributed by atoms with Gasteiger partial charge in [0, 0.05) is 11.6 Å². The third kappa shape index (κ3) is 3.54. The van der Waals surface area contributed by atoms with E-state index in [4.69, 9.17) is 4.52 Å². The van der Waals surface area contributed by atoms with E-state index in [1.54, 1.807) is 4.68 Å². The summed E-state index contributed by atoms with van der Waals surface area (Å²) in [5.74, 6) is -0.252. The Labute approximate surface area is 167 Å². The van der Waals surface area contributed by atoms with Crippen LogP contribution in [0.15, 0.2) is 59.1 Å². The van der Waals surface area contributed by atoms with Gasteiger partial charge in [-0.1, -0.05) is 61.0 Å². The number of aryl methyl sites for hydroxylation is 1. The lowest BCUT2D eigenvalue weighted by Gasteiger charge is -2.13. The van der Waals surface area contributed by atoms with Crippen LogP contribution in [-0.4, -0.2) is 31.0 Å². The van der Waals surface area contributed by atoms with Crippen LogP contribution in [0.1, 0.15) is 41.4 Å². The number of hydrogen-bond donors (Lipinski definition) is 1. The largest absolute Gasteiger partial charge is 0.476 e. The molecular weight excluding hydrogens is 368 g/mol. The van der Waals surface area contributed by atoms with Gasteiger partial charge >= 0.3 is 5.97 Å². The molecule has 146 valence electrons. The highest BCUT2D eigenvalue weighted by Crippen LogP contribution is 2.29. The van der Waals surface area contributed by atoms with E-state index in [9.17, 15) is 9.90 Å². The van der Waals surface area contributed by atoms with Crippen molar-refractivity contribution in [2.24, 2.45) is 0 Å². The molecule has 0 bridgehead atoms. The molecule has 29 heavy (non-hydrogen) atoms.